The zero-order valence-corrected chi connectivity index (χ0v) is 16.6. The Morgan fingerprint density at radius 3 is 2.36 bits per heavy atom. The number of ether oxygens (including phenoxy) is 1. The number of carbonyl (C=O) groups is 1. The lowest BCUT2D eigenvalue weighted by molar-refractivity contribution is -0.127. The highest BCUT2D eigenvalue weighted by Crippen LogP contribution is 2.30. The molecular formula is C17H25ClN2O4S. The highest BCUT2D eigenvalue weighted by atomic mass is 35.5. The molecule has 1 N–H and O–H groups in total. The summed E-state index contributed by atoms with van der Waals surface area (Å²) in [4.78, 5) is 12.4. The lowest BCUT2D eigenvalue weighted by Crippen LogP contribution is -2.47. The van der Waals surface area contributed by atoms with E-state index in [2.05, 4.69) is 5.32 Å². The maximum atomic E-state index is 12.8. The normalized spacial score (nSPS) is 17.3. The predicted molar refractivity (Wildman–Crippen MR) is 97.4 cm³/mol. The Morgan fingerprint density at radius 2 is 1.88 bits per heavy atom. The van der Waals surface area contributed by atoms with Gasteiger partial charge < -0.3 is 10.1 Å². The molecule has 1 fully saturated rings. The summed E-state index contributed by atoms with van der Waals surface area (Å²) < 4.78 is 32.0. The van der Waals surface area contributed by atoms with Gasteiger partial charge in [-0.3, -0.25) is 4.79 Å². The summed E-state index contributed by atoms with van der Waals surface area (Å²) >= 11 is 6.04. The number of halogens is 1. The number of methoxy groups -OCH3 is 1. The number of nitrogens with one attached hydrogen (secondary N) is 1. The van der Waals surface area contributed by atoms with E-state index in [1.165, 1.54) is 23.5 Å². The van der Waals surface area contributed by atoms with Crippen molar-refractivity contribution >= 4 is 27.5 Å². The standard InChI is InChI=1S/C17H25ClN2O4S/c1-17(2,3)19-16(21)12-7-9-20(10-8-12)25(22,23)13-5-6-15(24-4)14(18)11-13/h5-6,11-12H,7-10H2,1-4H3,(H,19,21). The summed E-state index contributed by atoms with van der Waals surface area (Å²) in [5.41, 5.74) is -0.292. The average Bonchev–Trinajstić information content (AvgIpc) is 2.53. The molecule has 0 bridgehead atoms. The number of nitrogens with zero attached hydrogens (tertiary/aromatic N) is 1. The fourth-order valence-corrected chi connectivity index (χ4v) is 4.61. The van der Waals surface area contributed by atoms with E-state index in [4.69, 9.17) is 16.3 Å². The summed E-state index contributed by atoms with van der Waals surface area (Å²) in [5, 5.41) is 3.21. The van der Waals surface area contributed by atoms with Crippen LogP contribution < -0.4 is 10.1 Å². The molecule has 1 aromatic rings. The molecule has 0 atom stereocenters. The van der Waals surface area contributed by atoms with Crippen LogP contribution in [0.3, 0.4) is 0 Å². The van der Waals surface area contributed by atoms with E-state index in [9.17, 15) is 13.2 Å². The van der Waals surface area contributed by atoms with Gasteiger partial charge in [-0.25, -0.2) is 8.42 Å². The molecule has 0 spiro atoms. The first kappa shape index (κ1) is 20.0. The van der Waals surface area contributed by atoms with Crippen molar-refractivity contribution in [3.63, 3.8) is 0 Å². The molecule has 1 aliphatic rings. The van der Waals surface area contributed by atoms with Crippen molar-refractivity contribution in [2.45, 2.75) is 44.0 Å². The Kier molecular flexibility index (Phi) is 6.01. The lowest BCUT2D eigenvalue weighted by Gasteiger charge is -2.32. The number of amides is 1. The summed E-state index contributed by atoms with van der Waals surface area (Å²) in [5.74, 6) is 0.250. The second kappa shape index (κ2) is 7.51. The minimum Gasteiger partial charge on any atom is -0.495 e. The van der Waals surface area contributed by atoms with Crippen molar-refractivity contribution in [2.75, 3.05) is 20.2 Å². The number of rotatable bonds is 4. The van der Waals surface area contributed by atoms with Gasteiger partial charge in [-0.15, -0.1) is 0 Å². The Labute approximate surface area is 154 Å². The Balaban J connectivity index is 2.06. The van der Waals surface area contributed by atoms with Gasteiger partial charge in [0.25, 0.3) is 0 Å². The minimum atomic E-state index is -3.63. The quantitative estimate of drug-likeness (QED) is 0.860. The van der Waals surface area contributed by atoms with Gasteiger partial charge in [0.15, 0.2) is 0 Å². The number of hydrogen-bond donors (Lipinski definition) is 1. The van der Waals surface area contributed by atoms with Gasteiger partial charge in [0, 0.05) is 24.5 Å². The second-order valence-corrected chi connectivity index (χ2v) is 9.56. The van der Waals surface area contributed by atoms with E-state index in [1.54, 1.807) is 6.07 Å². The molecule has 1 heterocycles. The average molecular weight is 389 g/mol. The molecule has 1 saturated heterocycles. The van der Waals surface area contributed by atoms with E-state index in [0.29, 0.717) is 31.7 Å². The molecule has 0 aliphatic carbocycles. The van der Waals surface area contributed by atoms with Crippen molar-refractivity contribution in [2.24, 2.45) is 5.92 Å². The van der Waals surface area contributed by atoms with Gasteiger partial charge in [-0.1, -0.05) is 11.6 Å². The van der Waals surface area contributed by atoms with Crippen LogP contribution in [-0.2, 0) is 14.8 Å². The van der Waals surface area contributed by atoms with Crippen molar-refractivity contribution in [3.8, 4) is 5.75 Å². The SMILES string of the molecule is COc1ccc(S(=O)(=O)N2CCC(C(=O)NC(C)(C)C)CC2)cc1Cl. The molecule has 1 aliphatic heterocycles. The zero-order valence-electron chi connectivity index (χ0n) is 15.0. The van der Waals surface area contributed by atoms with Gasteiger partial charge in [0.05, 0.1) is 17.0 Å². The first-order valence-corrected chi connectivity index (χ1v) is 10.0. The van der Waals surface area contributed by atoms with Gasteiger partial charge in [-0.05, 0) is 51.8 Å². The number of sulfonamides is 1. The fourth-order valence-electron chi connectivity index (χ4n) is 2.79. The fraction of sp³-hybridized carbons (Fsp3) is 0.588. The third kappa shape index (κ3) is 4.86. The van der Waals surface area contributed by atoms with Crippen LogP contribution in [-0.4, -0.2) is 44.4 Å². The molecular weight excluding hydrogens is 364 g/mol. The molecule has 6 nitrogen and oxygen atoms in total. The van der Waals surface area contributed by atoms with Crippen molar-refractivity contribution in [1.82, 2.24) is 9.62 Å². The number of hydrogen-bond acceptors (Lipinski definition) is 4. The van der Waals surface area contributed by atoms with E-state index in [-0.39, 0.29) is 27.3 Å². The first-order chi connectivity index (χ1) is 11.5. The van der Waals surface area contributed by atoms with Crippen LogP contribution in [0.1, 0.15) is 33.6 Å². The Morgan fingerprint density at radius 1 is 1.28 bits per heavy atom. The van der Waals surface area contributed by atoms with Crippen LogP contribution in [0.25, 0.3) is 0 Å². The van der Waals surface area contributed by atoms with Gasteiger partial charge >= 0.3 is 0 Å². The smallest absolute Gasteiger partial charge is 0.243 e. The third-order valence-corrected chi connectivity index (χ3v) is 6.27. The van der Waals surface area contributed by atoms with Gasteiger partial charge in [0.1, 0.15) is 5.75 Å². The van der Waals surface area contributed by atoms with Crippen LogP contribution in [0.4, 0.5) is 0 Å². The predicted octanol–water partition coefficient (Wildman–Crippen LogP) is 2.66. The van der Waals surface area contributed by atoms with Gasteiger partial charge in [0.2, 0.25) is 15.9 Å². The largest absolute Gasteiger partial charge is 0.495 e. The number of piperidine rings is 1. The monoisotopic (exact) mass is 388 g/mol. The third-order valence-electron chi connectivity index (χ3n) is 4.08. The molecule has 8 heteroatoms. The Hall–Kier alpha value is -1.31. The van der Waals surface area contributed by atoms with Crippen molar-refractivity contribution in [3.05, 3.63) is 23.2 Å². The van der Waals surface area contributed by atoms with Crippen LogP contribution in [0.5, 0.6) is 5.75 Å². The minimum absolute atomic E-state index is 0.0166. The first-order valence-electron chi connectivity index (χ1n) is 8.20. The second-order valence-electron chi connectivity index (χ2n) is 7.21. The molecule has 0 saturated carbocycles. The van der Waals surface area contributed by atoms with Crippen LogP contribution in [0.15, 0.2) is 23.1 Å². The maximum Gasteiger partial charge on any atom is 0.243 e. The van der Waals surface area contributed by atoms with Crippen molar-refractivity contribution < 1.29 is 17.9 Å². The van der Waals surface area contributed by atoms with Crippen LogP contribution in [0.2, 0.25) is 5.02 Å². The highest BCUT2D eigenvalue weighted by molar-refractivity contribution is 7.89. The molecule has 0 aromatic heterocycles. The summed E-state index contributed by atoms with van der Waals surface area (Å²) in [6.07, 6.45) is 1.01. The van der Waals surface area contributed by atoms with Crippen LogP contribution in [0, 0.1) is 5.92 Å². The van der Waals surface area contributed by atoms with Gasteiger partial charge in [-0.2, -0.15) is 4.31 Å². The topological polar surface area (TPSA) is 75.7 Å². The van der Waals surface area contributed by atoms with E-state index in [1.807, 2.05) is 20.8 Å². The van der Waals surface area contributed by atoms with Crippen molar-refractivity contribution in [1.29, 1.82) is 0 Å². The lowest BCUT2D eigenvalue weighted by atomic mass is 9.96. The molecule has 1 aromatic carbocycles. The summed E-state index contributed by atoms with van der Waals surface area (Å²) in [6, 6.07) is 4.42. The molecule has 25 heavy (non-hydrogen) atoms. The molecule has 0 radical (unpaired) electrons. The zero-order chi connectivity index (χ0) is 18.8. The number of carbonyl (C=O) groups excluding carboxylic acids is 1. The maximum absolute atomic E-state index is 12.8. The Bertz CT molecular complexity index is 736. The van der Waals surface area contributed by atoms with E-state index >= 15 is 0 Å². The number of benzene rings is 1. The van der Waals surface area contributed by atoms with Crippen LogP contribution >= 0.6 is 11.6 Å². The molecule has 2 rings (SSSR count). The summed E-state index contributed by atoms with van der Waals surface area (Å²) in [6.45, 7) is 6.41. The van der Waals surface area contributed by atoms with E-state index in [0.717, 1.165) is 0 Å². The summed E-state index contributed by atoms with van der Waals surface area (Å²) in [7, 11) is -2.16. The highest BCUT2D eigenvalue weighted by Gasteiger charge is 2.33. The molecule has 0 unspecified atom stereocenters. The molecule has 140 valence electrons. The molecule has 1 amide bonds. The van der Waals surface area contributed by atoms with E-state index < -0.39 is 10.0 Å².